The number of ketones is 1. The predicted octanol–water partition coefficient (Wildman–Crippen LogP) is 5.22. The van der Waals surface area contributed by atoms with Gasteiger partial charge in [0.25, 0.3) is 5.56 Å². The molecular formula is C27H24N2O3S. The normalized spacial score (nSPS) is 15.7. The van der Waals surface area contributed by atoms with Crippen molar-refractivity contribution in [3.05, 3.63) is 94.8 Å². The molecule has 5 rings (SSSR count). The van der Waals surface area contributed by atoms with Gasteiger partial charge in [-0.1, -0.05) is 78.5 Å². The molecule has 0 bridgehead atoms. The van der Waals surface area contributed by atoms with Crippen LogP contribution in [0.2, 0.25) is 0 Å². The molecule has 1 aliphatic heterocycles. The number of aromatic nitrogens is 2. The molecule has 0 saturated carbocycles. The van der Waals surface area contributed by atoms with Gasteiger partial charge in [-0.3, -0.25) is 14.2 Å². The van der Waals surface area contributed by atoms with Crippen LogP contribution in [0.5, 0.6) is 0 Å². The van der Waals surface area contributed by atoms with Crippen molar-refractivity contribution >= 4 is 28.4 Å². The summed E-state index contributed by atoms with van der Waals surface area (Å²) in [7, 11) is 0. The highest BCUT2D eigenvalue weighted by Gasteiger charge is 2.21. The molecule has 0 spiro atoms. The minimum Gasteiger partial charge on any atom is -0.376 e. The van der Waals surface area contributed by atoms with Crippen LogP contribution in [0.4, 0.5) is 0 Å². The van der Waals surface area contributed by atoms with Gasteiger partial charge < -0.3 is 4.74 Å². The third-order valence-electron chi connectivity index (χ3n) is 5.88. The summed E-state index contributed by atoms with van der Waals surface area (Å²) in [5, 5.41) is 1.14. The van der Waals surface area contributed by atoms with Crippen LogP contribution in [0.1, 0.15) is 23.2 Å². The van der Waals surface area contributed by atoms with E-state index in [-0.39, 0.29) is 23.2 Å². The third-order valence-corrected chi connectivity index (χ3v) is 6.86. The van der Waals surface area contributed by atoms with E-state index in [0.717, 1.165) is 30.6 Å². The Morgan fingerprint density at radius 1 is 0.970 bits per heavy atom. The molecule has 1 aliphatic rings. The number of hydrogen-bond donors (Lipinski definition) is 0. The van der Waals surface area contributed by atoms with Crippen LogP contribution in [-0.2, 0) is 11.3 Å². The van der Waals surface area contributed by atoms with Crippen molar-refractivity contribution < 1.29 is 9.53 Å². The quantitative estimate of drug-likeness (QED) is 0.217. The Hall–Kier alpha value is -3.22. The molecule has 0 radical (unpaired) electrons. The van der Waals surface area contributed by atoms with E-state index >= 15 is 0 Å². The second kappa shape index (κ2) is 9.73. The highest BCUT2D eigenvalue weighted by molar-refractivity contribution is 7.99. The Labute approximate surface area is 196 Å². The maximum absolute atomic E-state index is 13.2. The summed E-state index contributed by atoms with van der Waals surface area (Å²) in [6, 6.07) is 25.1. The van der Waals surface area contributed by atoms with Gasteiger partial charge in [-0.25, -0.2) is 4.98 Å². The summed E-state index contributed by atoms with van der Waals surface area (Å²) in [6.07, 6.45) is 1.93. The standard InChI is InChI=1S/C27H24N2O3S/c30-25(21-14-12-20(13-15-21)19-7-2-1-3-8-19)18-33-27-28-24-11-5-4-10-23(24)26(31)29(27)17-22-9-6-16-32-22/h1-5,7-8,10-15,22H,6,9,16-18H2/t22-/m1/s1. The Morgan fingerprint density at radius 2 is 1.70 bits per heavy atom. The van der Waals surface area contributed by atoms with Crippen LogP contribution in [0.3, 0.4) is 0 Å². The number of benzene rings is 3. The van der Waals surface area contributed by atoms with Crippen LogP contribution < -0.4 is 5.56 Å². The summed E-state index contributed by atoms with van der Waals surface area (Å²) in [5.41, 5.74) is 3.40. The van der Waals surface area contributed by atoms with E-state index in [1.165, 1.54) is 11.8 Å². The number of nitrogens with zero attached hydrogens (tertiary/aromatic N) is 2. The van der Waals surface area contributed by atoms with Gasteiger partial charge in [0.15, 0.2) is 10.9 Å². The van der Waals surface area contributed by atoms with Crippen molar-refractivity contribution in [1.29, 1.82) is 0 Å². The molecule has 0 N–H and O–H groups in total. The van der Waals surface area contributed by atoms with Gasteiger partial charge in [0.1, 0.15) is 0 Å². The Balaban J connectivity index is 1.37. The van der Waals surface area contributed by atoms with E-state index in [9.17, 15) is 9.59 Å². The number of rotatable bonds is 7. The van der Waals surface area contributed by atoms with Gasteiger partial charge in [-0.05, 0) is 36.1 Å². The number of fused-ring (bicyclic) bond motifs is 1. The summed E-state index contributed by atoms with van der Waals surface area (Å²) < 4.78 is 7.43. The maximum Gasteiger partial charge on any atom is 0.262 e. The third kappa shape index (κ3) is 4.77. The molecule has 1 aromatic heterocycles. The summed E-state index contributed by atoms with van der Waals surface area (Å²) in [6.45, 7) is 1.18. The topological polar surface area (TPSA) is 61.2 Å². The second-order valence-corrected chi connectivity index (χ2v) is 9.06. The zero-order valence-electron chi connectivity index (χ0n) is 18.1. The molecule has 0 unspecified atom stereocenters. The first kappa shape index (κ1) is 21.6. The van der Waals surface area contributed by atoms with Gasteiger partial charge in [-0.2, -0.15) is 0 Å². The molecule has 0 aliphatic carbocycles. The van der Waals surface area contributed by atoms with E-state index in [4.69, 9.17) is 9.72 Å². The number of thioether (sulfide) groups is 1. The van der Waals surface area contributed by atoms with E-state index in [2.05, 4.69) is 0 Å². The van der Waals surface area contributed by atoms with Gasteiger partial charge in [-0.15, -0.1) is 0 Å². The molecule has 1 fully saturated rings. The largest absolute Gasteiger partial charge is 0.376 e. The highest BCUT2D eigenvalue weighted by Crippen LogP contribution is 2.23. The number of ether oxygens (including phenoxy) is 1. The number of carbonyl (C=O) groups excluding carboxylic acids is 1. The average Bonchev–Trinajstić information content (AvgIpc) is 3.38. The van der Waals surface area contributed by atoms with Gasteiger partial charge in [0.05, 0.1) is 29.3 Å². The fourth-order valence-electron chi connectivity index (χ4n) is 4.10. The first-order valence-corrected chi connectivity index (χ1v) is 12.1. The lowest BCUT2D eigenvalue weighted by Gasteiger charge is -2.16. The minimum absolute atomic E-state index is 0.00526. The first-order valence-electron chi connectivity index (χ1n) is 11.1. The molecule has 0 amide bonds. The van der Waals surface area contributed by atoms with Crippen molar-refractivity contribution in [2.45, 2.75) is 30.6 Å². The second-order valence-electron chi connectivity index (χ2n) is 8.12. The average molecular weight is 457 g/mol. The monoisotopic (exact) mass is 456 g/mol. The lowest BCUT2D eigenvalue weighted by Crippen LogP contribution is -2.29. The van der Waals surface area contributed by atoms with Crippen LogP contribution in [0.25, 0.3) is 22.0 Å². The summed E-state index contributed by atoms with van der Waals surface area (Å²) in [4.78, 5) is 30.8. The molecular weight excluding hydrogens is 432 g/mol. The Morgan fingerprint density at radius 3 is 2.45 bits per heavy atom. The smallest absolute Gasteiger partial charge is 0.262 e. The number of Topliss-reactive ketones (excluding diaryl/α,β-unsaturated/α-hetero) is 1. The summed E-state index contributed by atoms with van der Waals surface area (Å²) >= 11 is 1.31. The predicted molar refractivity (Wildman–Crippen MR) is 132 cm³/mol. The molecule has 1 saturated heterocycles. The van der Waals surface area contributed by atoms with Crippen molar-refractivity contribution in [2.75, 3.05) is 12.4 Å². The fraction of sp³-hybridized carbons (Fsp3) is 0.222. The lowest BCUT2D eigenvalue weighted by atomic mass is 10.0. The van der Waals surface area contributed by atoms with Gasteiger partial charge in [0.2, 0.25) is 0 Å². The van der Waals surface area contributed by atoms with Crippen molar-refractivity contribution in [1.82, 2.24) is 9.55 Å². The molecule has 2 heterocycles. The van der Waals surface area contributed by atoms with Crippen LogP contribution in [-0.4, -0.2) is 33.8 Å². The zero-order valence-corrected chi connectivity index (χ0v) is 19.0. The number of hydrogen-bond acceptors (Lipinski definition) is 5. The molecule has 1 atom stereocenters. The Kier molecular flexibility index (Phi) is 6.37. The minimum atomic E-state index is -0.0849. The Bertz CT molecular complexity index is 1330. The molecule has 166 valence electrons. The molecule has 5 nitrogen and oxygen atoms in total. The maximum atomic E-state index is 13.2. The molecule has 6 heteroatoms. The lowest BCUT2D eigenvalue weighted by molar-refractivity contribution is 0.0937. The highest BCUT2D eigenvalue weighted by atomic mass is 32.2. The first-order chi connectivity index (χ1) is 16.2. The molecule has 3 aromatic carbocycles. The van der Waals surface area contributed by atoms with Crippen LogP contribution in [0, 0.1) is 0 Å². The number of carbonyl (C=O) groups is 1. The van der Waals surface area contributed by atoms with Gasteiger partial charge in [0, 0.05) is 12.2 Å². The molecule has 33 heavy (non-hydrogen) atoms. The summed E-state index contributed by atoms with van der Waals surface area (Å²) in [5.74, 6) is 0.215. The van der Waals surface area contributed by atoms with Crippen molar-refractivity contribution in [3.63, 3.8) is 0 Å². The van der Waals surface area contributed by atoms with E-state index in [1.807, 2.05) is 72.8 Å². The SMILES string of the molecule is O=C(CSc1nc2ccccc2c(=O)n1C[C@H]1CCCO1)c1ccc(-c2ccccc2)cc1. The molecule has 4 aromatic rings. The van der Waals surface area contributed by atoms with E-state index < -0.39 is 0 Å². The van der Waals surface area contributed by atoms with Crippen molar-refractivity contribution in [2.24, 2.45) is 0 Å². The van der Waals surface area contributed by atoms with Gasteiger partial charge >= 0.3 is 0 Å². The van der Waals surface area contributed by atoms with Crippen LogP contribution in [0.15, 0.2) is 88.8 Å². The van der Waals surface area contributed by atoms with E-state index in [0.29, 0.717) is 28.2 Å². The van der Waals surface area contributed by atoms with Crippen molar-refractivity contribution in [3.8, 4) is 11.1 Å². The zero-order chi connectivity index (χ0) is 22.6. The fourth-order valence-corrected chi connectivity index (χ4v) is 5.01. The number of para-hydroxylation sites is 1. The van der Waals surface area contributed by atoms with E-state index in [1.54, 1.807) is 10.6 Å². The van der Waals surface area contributed by atoms with Crippen LogP contribution >= 0.6 is 11.8 Å².